The number of methoxy groups -OCH3 is 1. The number of hydrogen-bond acceptors (Lipinski definition) is 4. The number of allylic oxidation sites excluding steroid dienone is 1. The molecule has 0 saturated heterocycles. The number of carbonyl (C=O) groups excluding carboxylic acids is 1. The van der Waals surface area contributed by atoms with Crippen LogP contribution in [0.3, 0.4) is 0 Å². The van der Waals surface area contributed by atoms with Crippen molar-refractivity contribution in [3.63, 3.8) is 0 Å². The van der Waals surface area contributed by atoms with Gasteiger partial charge in [-0.2, -0.15) is 18.4 Å². The van der Waals surface area contributed by atoms with Crippen LogP contribution in [0.1, 0.15) is 27.0 Å². The molecule has 0 aliphatic carbocycles. The van der Waals surface area contributed by atoms with Crippen LogP contribution in [0.4, 0.5) is 13.2 Å². The van der Waals surface area contributed by atoms with Gasteiger partial charge >= 0.3 is 12.1 Å². The highest BCUT2D eigenvalue weighted by molar-refractivity contribution is 5.92. The molecule has 156 valence electrons. The van der Waals surface area contributed by atoms with E-state index in [9.17, 15) is 23.2 Å². The zero-order chi connectivity index (χ0) is 22.4. The summed E-state index contributed by atoms with van der Waals surface area (Å²) in [6.07, 6.45) is -2.81. The highest BCUT2D eigenvalue weighted by Crippen LogP contribution is 2.30. The fraction of sp³-hybridized carbons (Fsp3) is 0.0833. The smallest absolute Gasteiger partial charge is 0.416 e. The molecule has 0 saturated carbocycles. The van der Waals surface area contributed by atoms with Gasteiger partial charge in [-0.05, 0) is 60.2 Å². The molecular weight excluding hydrogens is 407 g/mol. The van der Waals surface area contributed by atoms with E-state index >= 15 is 0 Å². The van der Waals surface area contributed by atoms with Crippen molar-refractivity contribution >= 4 is 17.6 Å². The molecule has 3 aromatic carbocycles. The summed E-state index contributed by atoms with van der Waals surface area (Å²) in [7, 11) is 1.52. The molecule has 0 amide bonds. The molecule has 31 heavy (non-hydrogen) atoms. The van der Waals surface area contributed by atoms with E-state index < -0.39 is 17.7 Å². The maximum Gasteiger partial charge on any atom is 0.416 e. The molecule has 0 aromatic heterocycles. The number of nitrogens with zero attached hydrogens (tertiary/aromatic N) is 1. The van der Waals surface area contributed by atoms with Gasteiger partial charge in [0.05, 0.1) is 29.9 Å². The Kier molecular flexibility index (Phi) is 6.41. The summed E-state index contributed by atoms with van der Waals surface area (Å²) < 4.78 is 48.4. The van der Waals surface area contributed by atoms with Crippen molar-refractivity contribution in [3.05, 3.63) is 95.1 Å². The number of benzene rings is 3. The maximum atomic E-state index is 12.6. The average molecular weight is 423 g/mol. The van der Waals surface area contributed by atoms with Crippen molar-refractivity contribution in [2.75, 3.05) is 7.11 Å². The molecule has 0 heterocycles. The predicted molar refractivity (Wildman–Crippen MR) is 109 cm³/mol. The highest BCUT2D eigenvalue weighted by Gasteiger charge is 2.30. The molecule has 0 N–H and O–H groups in total. The molecular formula is C24H16F3NO3. The lowest BCUT2D eigenvalue weighted by Crippen LogP contribution is -2.10. The molecule has 7 heteroatoms. The first-order chi connectivity index (χ1) is 14.8. The molecule has 0 aliphatic heterocycles. The second kappa shape index (κ2) is 9.18. The topological polar surface area (TPSA) is 59.3 Å². The second-order valence-electron chi connectivity index (χ2n) is 6.40. The Hall–Kier alpha value is -4.05. The number of esters is 1. The molecule has 0 atom stereocenters. The Morgan fingerprint density at radius 3 is 2.19 bits per heavy atom. The van der Waals surface area contributed by atoms with Gasteiger partial charge in [0.25, 0.3) is 0 Å². The third-order valence-corrected chi connectivity index (χ3v) is 4.37. The minimum atomic E-state index is -4.47. The lowest BCUT2D eigenvalue weighted by atomic mass is 10.0. The van der Waals surface area contributed by atoms with Gasteiger partial charge in [-0.25, -0.2) is 4.79 Å². The predicted octanol–water partition coefficient (Wildman–Crippen LogP) is 6.00. The number of alkyl halides is 3. The van der Waals surface area contributed by atoms with E-state index in [1.165, 1.54) is 19.2 Å². The summed E-state index contributed by atoms with van der Waals surface area (Å²) >= 11 is 0. The number of para-hydroxylation sites is 1. The standard InChI is InChI=1S/C24H16F3NO3/c1-30-22-5-3-2-4-21(22)18(15-28)14-16-6-12-20(13-7-16)31-23(29)17-8-10-19(11-9-17)24(25,26)27/h2-14H,1H3/b18-14-. The van der Waals surface area contributed by atoms with E-state index in [-0.39, 0.29) is 11.3 Å². The van der Waals surface area contributed by atoms with Crippen LogP contribution < -0.4 is 9.47 Å². The van der Waals surface area contributed by atoms with Gasteiger partial charge in [0.1, 0.15) is 11.5 Å². The Morgan fingerprint density at radius 1 is 0.968 bits per heavy atom. The van der Waals surface area contributed by atoms with Crippen LogP contribution >= 0.6 is 0 Å². The van der Waals surface area contributed by atoms with Gasteiger partial charge in [0.15, 0.2) is 0 Å². The second-order valence-corrected chi connectivity index (χ2v) is 6.40. The molecule has 3 rings (SSSR count). The molecule has 0 unspecified atom stereocenters. The lowest BCUT2D eigenvalue weighted by Gasteiger charge is -2.08. The summed E-state index contributed by atoms with van der Waals surface area (Å²) in [6, 6.07) is 19.4. The third-order valence-electron chi connectivity index (χ3n) is 4.37. The summed E-state index contributed by atoms with van der Waals surface area (Å²) in [4.78, 5) is 12.2. The minimum Gasteiger partial charge on any atom is -0.496 e. The summed E-state index contributed by atoms with van der Waals surface area (Å²) in [5.74, 6) is 0.0130. The number of rotatable bonds is 5. The third kappa shape index (κ3) is 5.31. The number of halogens is 3. The lowest BCUT2D eigenvalue weighted by molar-refractivity contribution is -0.137. The largest absolute Gasteiger partial charge is 0.496 e. The zero-order valence-corrected chi connectivity index (χ0v) is 16.3. The summed E-state index contributed by atoms with van der Waals surface area (Å²) in [5.41, 5.74) is 0.887. The van der Waals surface area contributed by atoms with E-state index in [1.807, 2.05) is 0 Å². The first-order valence-corrected chi connectivity index (χ1v) is 9.06. The quantitative estimate of drug-likeness (QED) is 0.219. The van der Waals surface area contributed by atoms with E-state index in [0.29, 0.717) is 22.4 Å². The normalized spacial score (nSPS) is 11.5. The zero-order valence-electron chi connectivity index (χ0n) is 16.3. The van der Waals surface area contributed by atoms with Crippen molar-refractivity contribution in [2.24, 2.45) is 0 Å². The van der Waals surface area contributed by atoms with Crippen molar-refractivity contribution in [3.8, 4) is 17.6 Å². The molecule has 0 fully saturated rings. The summed E-state index contributed by atoms with van der Waals surface area (Å²) in [6.45, 7) is 0. The van der Waals surface area contributed by atoms with Crippen molar-refractivity contribution in [1.29, 1.82) is 5.26 Å². The van der Waals surface area contributed by atoms with Crippen molar-refractivity contribution < 1.29 is 27.4 Å². The van der Waals surface area contributed by atoms with Crippen molar-refractivity contribution in [2.45, 2.75) is 6.18 Å². The molecule has 0 radical (unpaired) electrons. The maximum absolute atomic E-state index is 12.6. The van der Waals surface area contributed by atoms with Crippen LogP contribution in [0, 0.1) is 11.3 Å². The van der Waals surface area contributed by atoms with E-state index in [2.05, 4.69) is 6.07 Å². The molecule has 4 nitrogen and oxygen atoms in total. The number of hydrogen-bond donors (Lipinski definition) is 0. The van der Waals surface area contributed by atoms with Crippen LogP contribution in [0.25, 0.3) is 11.6 Å². The minimum absolute atomic E-state index is 0.0000817. The Morgan fingerprint density at radius 2 is 1.61 bits per heavy atom. The molecule has 0 bridgehead atoms. The number of carbonyl (C=O) groups is 1. The number of ether oxygens (including phenoxy) is 2. The first-order valence-electron chi connectivity index (χ1n) is 9.06. The van der Waals surface area contributed by atoms with Crippen molar-refractivity contribution in [1.82, 2.24) is 0 Å². The van der Waals surface area contributed by atoms with Gasteiger partial charge < -0.3 is 9.47 Å². The van der Waals surface area contributed by atoms with Gasteiger partial charge in [-0.1, -0.05) is 24.3 Å². The fourth-order valence-corrected chi connectivity index (χ4v) is 2.80. The van der Waals surface area contributed by atoms with Gasteiger partial charge in [0, 0.05) is 5.56 Å². The Balaban J connectivity index is 1.75. The fourth-order valence-electron chi connectivity index (χ4n) is 2.80. The number of nitriles is 1. The Labute approximate surface area is 176 Å². The van der Waals surface area contributed by atoms with E-state index in [4.69, 9.17) is 9.47 Å². The van der Waals surface area contributed by atoms with Gasteiger partial charge in [-0.3, -0.25) is 0 Å². The first kappa shape index (κ1) is 21.7. The van der Waals surface area contributed by atoms with Gasteiger partial charge in [0.2, 0.25) is 0 Å². The average Bonchev–Trinajstić information content (AvgIpc) is 2.78. The van der Waals surface area contributed by atoms with E-state index in [0.717, 1.165) is 24.3 Å². The SMILES string of the molecule is COc1ccccc1/C(C#N)=C\c1ccc(OC(=O)c2ccc(C(F)(F)F)cc2)cc1. The molecule has 3 aromatic rings. The Bertz CT molecular complexity index is 1140. The monoisotopic (exact) mass is 423 g/mol. The van der Waals surface area contributed by atoms with Crippen LogP contribution in [-0.2, 0) is 6.18 Å². The van der Waals surface area contributed by atoms with Crippen LogP contribution in [-0.4, -0.2) is 13.1 Å². The summed E-state index contributed by atoms with van der Waals surface area (Å²) in [5, 5.41) is 9.52. The van der Waals surface area contributed by atoms with Crippen LogP contribution in [0.2, 0.25) is 0 Å². The molecule has 0 aliphatic rings. The van der Waals surface area contributed by atoms with Gasteiger partial charge in [-0.15, -0.1) is 0 Å². The van der Waals surface area contributed by atoms with Crippen LogP contribution in [0.15, 0.2) is 72.8 Å². The molecule has 0 spiro atoms. The van der Waals surface area contributed by atoms with Crippen LogP contribution in [0.5, 0.6) is 11.5 Å². The van der Waals surface area contributed by atoms with E-state index in [1.54, 1.807) is 42.5 Å². The highest BCUT2D eigenvalue weighted by atomic mass is 19.4.